The third-order valence-electron chi connectivity index (χ3n) is 7.64. The first kappa shape index (κ1) is 26.4. The molecule has 5 atom stereocenters. The summed E-state index contributed by atoms with van der Waals surface area (Å²) in [6.45, 7) is 8.00. The van der Waals surface area contributed by atoms with Crippen molar-refractivity contribution in [3.63, 3.8) is 0 Å². The summed E-state index contributed by atoms with van der Waals surface area (Å²) in [5, 5.41) is 15.5. The molecule has 3 heterocycles. The topological polar surface area (TPSA) is 128 Å². The van der Waals surface area contributed by atoms with Gasteiger partial charge in [-0.15, -0.1) is 0 Å². The number of rotatable bonds is 7. The third kappa shape index (κ3) is 4.72. The predicted octanol–water partition coefficient (Wildman–Crippen LogP) is 2.59. The van der Waals surface area contributed by atoms with Crippen LogP contribution in [0.25, 0.3) is 10.9 Å². The molecule has 0 aromatic carbocycles. The number of hydrogen-bond donors (Lipinski definition) is 2. The van der Waals surface area contributed by atoms with E-state index in [4.69, 9.17) is 0 Å². The SMILES string of the molecule is CC(C)C(NC(=O)C(C)(F)F)C(=O)N1C[C@H]2[C@@H]([C@H]1C(=O)NC(C#N)c1cncc3cccnc13)C2(C)C. The number of carbonyl (C=O) groups is 3. The van der Waals surface area contributed by atoms with Crippen LogP contribution in [0.2, 0.25) is 0 Å². The molecule has 0 bridgehead atoms. The number of nitriles is 1. The van der Waals surface area contributed by atoms with E-state index < -0.39 is 47.7 Å². The summed E-state index contributed by atoms with van der Waals surface area (Å²) >= 11 is 0. The van der Waals surface area contributed by atoms with Crippen molar-refractivity contribution in [3.05, 3.63) is 36.3 Å². The molecule has 4 rings (SSSR count). The molecule has 11 heteroatoms. The molecule has 2 aliphatic rings. The number of nitrogens with zero attached hydrogens (tertiary/aromatic N) is 4. The normalized spacial score (nSPS) is 23.6. The van der Waals surface area contributed by atoms with Gasteiger partial charge >= 0.3 is 5.92 Å². The highest BCUT2D eigenvalue weighted by atomic mass is 19.3. The van der Waals surface area contributed by atoms with E-state index in [-0.39, 0.29) is 23.8 Å². The number of amides is 3. The van der Waals surface area contributed by atoms with Gasteiger partial charge in [-0.05, 0) is 35.3 Å². The lowest BCUT2D eigenvalue weighted by molar-refractivity contribution is -0.150. The summed E-state index contributed by atoms with van der Waals surface area (Å²) in [7, 11) is 0. The molecule has 2 aromatic rings. The van der Waals surface area contributed by atoms with Gasteiger partial charge in [-0.3, -0.25) is 24.4 Å². The zero-order chi connectivity index (χ0) is 27.3. The Morgan fingerprint density at radius 2 is 1.95 bits per heavy atom. The van der Waals surface area contributed by atoms with Crippen molar-refractivity contribution >= 4 is 28.6 Å². The van der Waals surface area contributed by atoms with Crippen molar-refractivity contribution in [1.82, 2.24) is 25.5 Å². The van der Waals surface area contributed by atoms with Crippen molar-refractivity contribution in [2.24, 2.45) is 23.2 Å². The molecule has 2 fully saturated rings. The van der Waals surface area contributed by atoms with Gasteiger partial charge in [0.1, 0.15) is 18.1 Å². The van der Waals surface area contributed by atoms with Crippen molar-refractivity contribution in [3.8, 4) is 6.07 Å². The fraction of sp³-hybridized carbons (Fsp3) is 0.538. The Bertz CT molecular complexity index is 1280. The molecule has 2 aromatic heterocycles. The van der Waals surface area contributed by atoms with E-state index in [0.29, 0.717) is 23.4 Å². The van der Waals surface area contributed by atoms with Crippen LogP contribution >= 0.6 is 0 Å². The number of aromatic nitrogens is 2. The van der Waals surface area contributed by atoms with E-state index in [1.165, 1.54) is 11.1 Å². The molecule has 37 heavy (non-hydrogen) atoms. The van der Waals surface area contributed by atoms with E-state index in [2.05, 4.69) is 26.7 Å². The highest BCUT2D eigenvalue weighted by Crippen LogP contribution is 2.65. The van der Waals surface area contributed by atoms with Crippen LogP contribution in [0.4, 0.5) is 8.78 Å². The van der Waals surface area contributed by atoms with Crippen LogP contribution in [0, 0.1) is 34.5 Å². The van der Waals surface area contributed by atoms with Crippen molar-refractivity contribution in [1.29, 1.82) is 5.26 Å². The zero-order valence-electron chi connectivity index (χ0n) is 21.3. The number of pyridine rings is 2. The second kappa shape index (κ2) is 9.32. The van der Waals surface area contributed by atoms with Crippen LogP contribution in [0.3, 0.4) is 0 Å². The Balaban J connectivity index is 1.61. The van der Waals surface area contributed by atoms with E-state index in [1.54, 1.807) is 38.4 Å². The van der Waals surface area contributed by atoms with Crippen LogP contribution in [-0.2, 0) is 14.4 Å². The first-order valence-corrected chi connectivity index (χ1v) is 12.2. The molecule has 196 valence electrons. The van der Waals surface area contributed by atoms with Gasteiger partial charge in [-0.2, -0.15) is 14.0 Å². The zero-order valence-corrected chi connectivity index (χ0v) is 21.3. The van der Waals surface area contributed by atoms with E-state index in [1.807, 2.05) is 13.8 Å². The minimum atomic E-state index is -3.65. The summed E-state index contributed by atoms with van der Waals surface area (Å²) in [5.74, 6) is -6.96. The molecule has 2 N–H and O–H groups in total. The van der Waals surface area contributed by atoms with Gasteiger partial charge in [-0.1, -0.05) is 27.7 Å². The molecule has 9 nitrogen and oxygen atoms in total. The number of fused-ring (bicyclic) bond motifs is 2. The highest BCUT2D eigenvalue weighted by molar-refractivity contribution is 5.95. The maximum Gasteiger partial charge on any atom is 0.321 e. The van der Waals surface area contributed by atoms with Gasteiger partial charge in [0.25, 0.3) is 5.91 Å². The third-order valence-corrected chi connectivity index (χ3v) is 7.64. The van der Waals surface area contributed by atoms with Gasteiger partial charge in [0.05, 0.1) is 11.6 Å². The fourth-order valence-electron chi connectivity index (χ4n) is 5.41. The number of alkyl halides is 2. The number of nitrogens with one attached hydrogen (secondary N) is 2. The number of halogens is 2. The average Bonchev–Trinajstić information content (AvgIpc) is 3.17. The standard InChI is InChI=1S/C26H30F2N6O3/c1-13(2)19(33-24(37)26(5,27)28)23(36)34-12-16-18(25(16,3)4)21(34)22(35)32-17(9-29)15-11-30-10-14-7-6-8-31-20(14)15/h6-8,10-11,13,16-19,21H,12H2,1-5H3,(H,32,35)(H,33,37)/t16-,17?,18-,19?,21-/m0/s1. The minimum absolute atomic E-state index is 0.0322. The smallest absolute Gasteiger partial charge is 0.321 e. The summed E-state index contributed by atoms with van der Waals surface area (Å²) in [4.78, 5) is 49.0. The van der Waals surface area contributed by atoms with Crippen LogP contribution in [-0.4, -0.2) is 57.1 Å². The van der Waals surface area contributed by atoms with E-state index >= 15 is 0 Å². The first-order chi connectivity index (χ1) is 17.3. The monoisotopic (exact) mass is 512 g/mol. The number of hydrogen-bond acceptors (Lipinski definition) is 6. The van der Waals surface area contributed by atoms with Crippen molar-refractivity contribution in [2.75, 3.05) is 6.54 Å². The summed E-state index contributed by atoms with van der Waals surface area (Å²) in [6, 6.07) is 2.40. The Morgan fingerprint density at radius 3 is 2.57 bits per heavy atom. The lowest BCUT2D eigenvalue weighted by Crippen LogP contribution is -2.58. The molecule has 3 amide bonds. The number of carbonyl (C=O) groups excluding carboxylic acids is 3. The average molecular weight is 513 g/mol. The van der Waals surface area contributed by atoms with Gasteiger partial charge < -0.3 is 15.5 Å². The molecule has 1 saturated carbocycles. The highest BCUT2D eigenvalue weighted by Gasteiger charge is 2.69. The number of piperidine rings is 1. The molecule has 2 unspecified atom stereocenters. The van der Waals surface area contributed by atoms with Gasteiger partial charge in [-0.25, -0.2) is 0 Å². The van der Waals surface area contributed by atoms with E-state index in [0.717, 1.165) is 0 Å². The fourth-order valence-corrected chi connectivity index (χ4v) is 5.41. The molecule has 1 aliphatic carbocycles. The second-order valence-electron chi connectivity index (χ2n) is 10.8. The molecule has 0 radical (unpaired) electrons. The summed E-state index contributed by atoms with van der Waals surface area (Å²) in [5.41, 5.74) is 0.738. The maximum absolute atomic E-state index is 13.6. The van der Waals surface area contributed by atoms with Crippen LogP contribution in [0.5, 0.6) is 0 Å². The lowest BCUT2D eigenvalue weighted by atomic mass is 9.96. The van der Waals surface area contributed by atoms with Gasteiger partial charge in [0.15, 0.2) is 0 Å². The van der Waals surface area contributed by atoms with Crippen LogP contribution < -0.4 is 10.6 Å². The van der Waals surface area contributed by atoms with Gasteiger partial charge in [0, 0.05) is 43.0 Å². The molecule has 1 aliphatic heterocycles. The van der Waals surface area contributed by atoms with E-state index in [9.17, 15) is 28.4 Å². The Hall–Kier alpha value is -3.68. The lowest BCUT2D eigenvalue weighted by Gasteiger charge is -2.34. The molecular weight excluding hydrogens is 482 g/mol. The molecule has 1 saturated heterocycles. The number of likely N-dealkylation sites (tertiary alicyclic amines) is 1. The van der Waals surface area contributed by atoms with Crippen LogP contribution in [0.15, 0.2) is 30.7 Å². The first-order valence-electron chi connectivity index (χ1n) is 12.2. The summed E-state index contributed by atoms with van der Waals surface area (Å²) < 4.78 is 27.1. The quantitative estimate of drug-likeness (QED) is 0.587. The van der Waals surface area contributed by atoms with Crippen molar-refractivity contribution in [2.45, 2.75) is 58.7 Å². The Labute approximate surface area is 213 Å². The predicted molar refractivity (Wildman–Crippen MR) is 130 cm³/mol. The maximum atomic E-state index is 13.6. The van der Waals surface area contributed by atoms with Crippen LogP contribution in [0.1, 0.15) is 46.2 Å². The molecular formula is C26H30F2N6O3. The van der Waals surface area contributed by atoms with Crippen molar-refractivity contribution < 1.29 is 23.2 Å². The van der Waals surface area contributed by atoms with Gasteiger partial charge in [0.2, 0.25) is 11.8 Å². The molecule has 0 spiro atoms. The summed E-state index contributed by atoms with van der Waals surface area (Å²) in [6.07, 6.45) is 4.66. The second-order valence-corrected chi connectivity index (χ2v) is 10.8. The Morgan fingerprint density at radius 1 is 1.24 bits per heavy atom. The Kier molecular flexibility index (Phi) is 6.65. The largest absolute Gasteiger partial charge is 0.339 e. The minimum Gasteiger partial charge on any atom is -0.339 e.